The molecule has 0 unspecified atom stereocenters. The van der Waals surface area contributed by atoms with Gasteiger partial charge in [-0.3, -0.25) is 9.59 Å². The number of aryl methyl sites for hydroxylation is 1. The van der Waals surface area contributed by atoms with Crippen molar-refractivity contribution < 1.29 is 9.59 Å². The average molecular weight is 435 g/mol. The summed E-state index contributed by atoms with van der Waals surface area (Å²) in [7, 11) is 0. The van der Waals surface area contributed by atoms with Crippen molar-refractivity contribution in [2.24, 2.45) is 0 Å². The molecule has 0 aliphatic rings. The Morgan fingerprint density at radius 3 is 2.38 bits per heavy atom. The van der Waals surface area contributed by atoms with Crippen molar-refractivity contribution in [1.82, 2.24) is 10.2 Å². The fraction of sp³-hybridized carbons (Fsp3) is 0.391. The van der Waals surface area contributed by atoms with Gasteiger partial charge in [-0.05, 0) is 57.9 Å². The number of benzene rings is 2. The van der Waals surface area contributed by atoms with Crippen LogP contribution in [0.15, 0.2) is 42.5 Å². The van der Waals surface area contributed by atoms with Gasteiger partial charge in [0.15, 0.2) is 0 Å². The molecular weight excluding hydrogens is 407 g/mol. The van der Waals surface area contributed by atoms with Gasteiger partial charge in [-0.25, -0.2) is 0 Å². The van der Waals surface area contributed by atoms with Crippen LogP contribution >= 0.6 is 23.2 Å². The predicted octanol–water partition coefficient (Wildman–Crippen LogP) is 5.18. The lowest BCUT2D eigenvalue weighted by Crippen LogP contribution is -2.52. The number of nitrogens with one attached hydrogen (secondary N) is 1. The first kappa shape index (κ1) is 23.2. The molecule has 0 saturated carbocycles. The van der Waals surface area contributed by atoms with Crippen LogP contribution in [0.2, 0.25) is 10.0 Å². The van der Waals surface area contributed by atoms with E-state index in [1.807, 2.05) is 52.0 Å². The van der Waals surface area contributed by atoms with Crippen LogP contribution in [0, 0.1) is 6.92 Å². The van der Waals surface area contributed by atoms with E-state index in [9.17, 15) is 9.59 Å². The molecule has 0 spiro atoms. The van der Waals surface area contributed by atoms with Crippen LogP contribution in [0.25, 0.3) is 0 Å². The van der Waals surface area contributed by atoms with Gasteiger partial charge in [-0.15, -0.1) is 0 Å². The molecule has 0 saturated heterocycles. The van der Waals surface area contributed by atoms with Crippen molar-refractivity contribution in [2.75, 3.05) is 0 Å². The number of hydrogen-bond donors (Lipinski definition) is 1. The molecule has 0 radical (unpaired) electrons. The van der Waals surface area contributed by atoms with Crippen molar-refractivity contribution in [1.29, 1.82) is 0 Å². The Labute approximate surface area is 183 Å². The molecule has 29 heavy (non-hydrogen) atoms. The molecule has 0 fully saturated rings. The van der Waals surface area contributed by atoms with Crippen molar-refractivity contribution >= 4 is 35.0 Å². The molecule has 0 heterocycles. The second-order valence-electron chi connectivity index (χ2n) is 8.34. The minimum Gasteiger partial charge on any atom is -0.350 e. The van der Waals surface area contributed by atoms with E-state index in [2.05, 4.69) is 5.32 Å². The number of carbonyl (C=O) groups is 2. The summed E-state index contributed by atoms with van der Waals surface area (Å²) in [4.78, 5) is 27.5. The molecular formula is C23H28Cl2N2O2. The fourth-order valence-electron chi connectivity index (χ4n) is 2.99. The van der Waals surface area contributed by atoms with Crippen molar-refractivity contribution in [3.8, 4) is 0 Å². The third-order valence-electron chi connectivity index (χ3n) is 4.46. The number of rotatable bonds is 6. The van der Waals surface area contributed by atoms with Gasteiger partial charge in [0.25, 0.3) is 0 Å². The first-order valence-corrected chi connectivity index (χ1v) is 10.3. The topological polar surface area (TPSA) is 49.4 Å². The van der Waals surface area contributed by atoms with E-state index in [1.54, 1.807) is 30.0 Å². The highest BCUT2D eigenvalue weighted by Gasteiger charge is 2.28. The monoisotopic (exact) mass is 434 g/mol. The Balaban J connectivity index is 2.30. The van der Waals surface area contributed by atoms with Crippen LogP contribution in [-0.4, -0.2) is 28.3 Å². The molecule has 0 bridgehead atoms. The second-order valence-corrected chi connectivity index (χ2v) is 9.18. The van der Waals surface area contributed by atoms with Gasteiger partial charge < -0.3 is 10.2 Å². The number of hydrogen-bond acceptors (Lipinski definition) is 2. The third kappa shape index (κ3) is 7.06. The average Bonchev–Trinajstić information content (AvgIpc) is 2.59. The van der Waals surface area contributed by atoms with Crippen molar-refractivity contribution in [3.05, 3.63) is 69.2 Å². The van der Waals surface area contributed by atoms with Crippen molar-refractivity contribution in [2.45, 2.75) is 59.2 Å². The Kier molecular flexibility index (Phi) is 7.73. The maximum Gasteiger partial charge on any atom is 0.242 e. The molecule has 156 valence electrons. The first-order valence-electron chi connectivity index (χ1n) is 9.57. The molecule has 1 N–H and O–H groups in total. The van der Waals surface area contributed by atoms with Gasteiger partial charge in [-0.2, -0.15) is 0 Å². The van der Waals surface area contributed by atoms with Gasteiger partial charge in [0.05, 0.1) is 6.42 Å². The Hall–Kier alpha value is -2.04. The van der Waals surface area contributed by atoms with Crippen LogP contribution in [0.3, 0.4) is 0 Å². The molecule has 0 aromatic heterocycles. The summed E-state index contributed by atoms with van der Waals surface area (Å²) in [6.07, 6.45) is 0.208. The zero-order chi connectivity index (χ0) is 21.8. The van der Waals surface area contributed by atoms with Crippen LogP contribution in [0.4, 0.5) is 0 Å². The maximum atomic E-state index is 13.2. The smallest absolute Gasteiger partial charge is 0.242 e. The molecule has 0 aliphatic heterocycles. The SMILES string of the molecule is Cc1cccc(CC(=O)N(Cc2ccc(Cl)cc2Cl)[C@@H](C)C(=O)NC(C)(C)C)c1. The Bertz CT molecular complexity index is 891. The van der Waals surface area contributed by atoms with E-state index in [4.69, 9.17) is 23.2 Å². The summed E-state index contributed by atoms with van der Waals surface area (Å²) in [5, 5.41) is 3.94. The second kappa shape index (κ2) is 9.64. The third-order valence-corrected chi connectivity index (χ3v) is 5.05. The number of carbonyl (C=O) groups excluding carboxylic acids is 2. The van der Waals surface area contributed by atoms with Gasteiger partial charge in [-0.1, -0.05) is 59.1 Å². The lowest BCUT2D eigenvalue weighted by atomic mass is 10.1. The molecule has 1 atom stereocenters. The summed E-state index contributed by atoms with van der Waals surface area (Å²) in [5.74, 6) is -0.349. The minimum atomic E-state index is -0.654. The standard InChI is InChI=1S/C23H28Cl2N2O2/c1-15-7-6-8-17(11-15)12-21(28)27(16(2)22(29)26-23(3,4)5)14-18-9-10-19(24)13-20(18)25/h6-11,13,16H,12,14H2,1-5H3,(H,26,29)/t16-/m0/s1. The van der Waals surface area contributed by atoms with E-state index in [-0.39, 0.29) is 24.8 Å². The lowest BCUT2D eigenvalue weighted by Gasteiger charge is -2.32. The predicted molar refractivity (Wildman–Crippen MR) is 119 cm³/mol. The van der Waals surface area contributed by atoms with Crippen LogP contribution in [-0.2, 0) is 22.6 Å². The highest BCUT2D eigenvalue weighted by atomic mass is 35.5. The van der Waals surface area contributed by atoms with Gasteiger partial charge in [0, 0.05) is 22.1 Å². The molecule has 4 nitrogen and oxygen atoms in total. The minimum absolute atomic E-state index is 0.141. The van der Waals surface area contributed by atoms with E-state index in [0.717, 1.165) is 16.7 Å². The summed E-state index contributed by atoms with van der Waals surface area (Å²) >= 11 is 12.3. The summed E-state index contributed by atoms with van der Waals surface area (Å²) < 4.78 is 0. The zero-order valence-electron chi connectivity index (χ0n) is 17.6. The summed E-state index contributed by atoms with van der Waals surface area (Å²) in [6, 6.07) is 12.3. The Morgan fingerprint density at radius 1 is 1.10 bits per heavy atom. The van der Waals surface area contributed by atoms with Gasteiger partial charge >= 0.3 is 0 Å². The van der Waals surface area contributed by atoms with Crippen molar-refractivity contribution in [3.63, 3.8) is 0 Å². The quantitative estimate of drug-likeness (QED) is 0.680. The fourth-order valence-corrected chi connectivity index (χ4v) is 3.46. The van der Waals surface area contributed by atoms with Gasteiger partial charge in [0.2, 0.25) is 11.8 Å². The van der Waals surface area contributed by atoms with E-state index < -0.39 is 11.6 Å². The molecule has 2 aromatic rings. The Morgan fingerprint density at radius 2 is 1.79 bits per heavy atom. The molecule has 2 rings (SSSR count). The molecule has 6 heteroatoms. The number of amides is 2. The van der Waals surface area contributed by atoms with Gasteiger partial charge in [0.1, 0.15) is 6.04 Å². The molecule has 0 aliphatic carbocycles. The lowest BCUT2D eigenvalue weighted by molar-refractivity contribution is -0.140. The highest BCUT2D eigenvalue weighted by molar-refractivity contribution is 6.35. The highest BCUT2D eigenvalue weighted by Crippen LogP contribution is 2.24. The van der Waals surface area contributed by atoms with Crippen LogP contribution in [0.1, 0.15) is 44.4 Å². The normalized spacial score (nSPS) is 12.4. The van der Waals surface area contributed by atoms with Crippen LogP contribution < -0.4 is 5.32 Å². The molecule has 2 aromatic carbocycles. The zero-order valence-corrected chi connectivity index (χ0v) is 19.1. The number of nitrogens with zero attached hydrogens (tertiary/aromatic N) is 1. The largest absolute Gasteiger partial charge is 0.350 e. The first-order chi connectivity index (χ1) is 13.5. The maximum absolute atomic E-state index is 13.2. The van der Waals surface area contributed by atoms with E-state index in [0.29, 0.717) is 10.0 Å². The summed E-state index contributed by atoms with van der Waals surface area (Å²) in [5.41, 5.74) is 2.34. The number of halogens is 2. The van der Waals surface area contributed by atoms with E-state index >= 15 is 0 Å². The molecule has 2 amide bonds. The van der Waals surface area contributed by atoms with E-state index in [1.165, 1.54) is 0 Å². The summed E-state index contributed by atoms with van der Waals surface area (Å²) in [6.45, 7) is 9.67. The van der Waals surface area contributed by atoms with Crippen LogP contribution in [0.5, 0.6) is 0 Å².